The molecule has 1 saturated heterocycles. The van der Waals surface area contributed by atoms with E-state index in [1.165, 1.54) is 6.08 Å². The van der Waals surface area contributed by atoms with Crippen LogP contribution >= 0.6 is 12.4 Å². The van der Waals surface area contributed by atoms with Crippen LogP contribution in [0.4, 0.5) is 5.69 Å². The van der Waals surface area contributed by atoms with Gasteiger partial charge in [0, 0.05) is 17.8 Å². The summed E-state index contributed by atoms with van der Waals surface area (Å²) in [5.74, 6) is 2.64. The van der Waals surface area contributed by atoms with Crippen molar-refractivity contribution in [2.24, 2.45) is 5.92 Å². The summed E-state index contributed by atoms with van der Waals surface area (Å²) in [6.45, 7) is 2.78. The van der Waals surface area contributed by atoms with Gasteiger partial charge in [-0.3, -0.25) is 4.79 Å². The van der Waals surface area contributed by atoms with Crippen molar-refractivity contribution in [3.05, 3.63) is 48.0 Å². The number of benzene rings is 2. The molecule has 1 fully saturated rings. The lowest BCUT2D eigenvalue weighted by atomic mass is 9.99. The number of rotatable bonds is 9. The second-order valence-electron chi connectivity index (χ2n) is 7.31. The fourth-order valence-electron chi connectivity index (χ4n) is 3.48. The average molecular weight is 463 g/mol. The molecule has 0 aliphatic carbocycles. The van der Waals surface area contributed by atoms with E-state index in [1.54, 1.807) is 39.5 Å². The van der Waals surface area contributed by atoms with Crippen LogP contribution in [-0.4, -0.2) is 46.9 Å². The minimum absolute atomic E-state index is 0. The predicted molar refractivity (Wildman–Crippen MR) is 129 cm³/mol. The molecule has 1 heterocycles. The van der Waals surface area contributed by atoms with Gasteiger partial charge in [0.05, 0.1) is 27.9 Å². The summed E-state index contributed by atoms with van der Waals surface area (Å²) in [4.78, 5) is 12.4. The smallest absolute Gasteiger partial charge is 0.248 e. The third-order valence-corrected chi connectivity index (χ3v) is 5.16. The molecule has 0 spiro atoms. The molecule has 0 bridgehead atoms. The molecule has 0 unspecified atom stereocenters. The van der Waals surface area contributed by atoms with E-state index in [0.717, 1.165) is 37.2 Å². The molecule has 1 aliphatic heterocycles. The Hall–Kier alpha value is -2.90. The first kappa shape index (κ1) is 25.4. The van der Waals surface area contributed by atoms with Gasteiger partial charge >= 0.3 is 0 Å². The molecule has 3 rings (SSSR count). The number of hydrogen-bond acceptors (Lipinski definition) is 6. The highest BCUT2D eigenvalue weighted by Gasteiger charge is 2.14. The van der Waals surface area contributed by atoms with E-state index in [1.807, 2.05) is 24.3 Å². The maximum atomic E-state index is 12.4. The fourth-order valence-corrected chi connectivity index (χ4v) is 3.48. The molecule has 0 saturated carbocycles. The van der Waals surface area contributed by atoms with Crippen LogP contribution in [-0.2, 0) is 4.79 Å². The maximum Gasteiger partial charge on any atom is 0.248 e. The van der Waals surface area contributed by atoms with E-state index >= 15 is 0 Å². The molecular formula is C24H31ClN2O5. The van der Waals surface area contributed by atoms with Gasteiger partial charge in [0.1, 0.15) is 5.75 Å². The number of hydrogen-bond donors (Lipinski definition) is 2. The quantitative estimate of drug-likeness (QED) is 0.545. The third-order valence-electron chi connectivity index (χ3n) is 5.16. The summed E-state index contributed by atoms with van der Waals surface area (Å²) in [6, 6.07) is 11.0. The normalized spacial score (nSPS) is 13.8. The van der Waals surface area contributed by atoms with Crippen molar-refractivity contribution in [3.63, 3.8) is 0 Å². The van der Waals surface area contributed by atoms with Crippen molar-refractivity contribution < 1.29 is 23.7 Å². The minimum atomic E-state index is -0.246. The molecule has 1 amide bonds. The van der Waals surface area contributed by atoms with Crippen LogP contribution in [0.25, 0.3) is 6.08 Å². The summed E-state index contributed by atoms with van der Waals surface area (Å²) in [7, 11) is 4.66. The van der Waals surface area contributed by atoms with E-state index < -0.39 is 0 Å². The van der Waals surface area contributed by atoms with Gasteiger partial charge in [-0.05, 0) is 67.8 Å². The van der Waals surface area contributed by atoms with Gasteiger partial charge < -0.3 is 29.6 Å². The number of nitrogens with one attached hydrogen (secondary N) is 2. The molecule has 2 aromatic rings. The van der Waals surface area contributed by atoms with Gasteiger partial charge in [0.25, 0.3) is 0 Å². The van der Waals surface area contributed by atoms with Crippen LogP contribution in [0.2, 0.25) is 0 Å². The molecule has 0 radical (unpaired) electrons. The molecule has 0 aromatic heterocycles. The number of carbonyl (C=O) groups is 1. The van der Waals surface area contributed by atoms with Crippen LogP contribution in [0.1, 0.15) is 18.4 Å². The Bertz CT molecular complexity index is 888. The molecule has 1 aliphatic rings. The SMILES string of the molecule is COc1cc(/C=C/C(=O)Nc2cccc(OCC3CCNCC3)c2)cc(OC)c1OC.Cl. The number of amides is 1. The zero-order valence-electron chi connectivity index (χ0n) is 18.7. The average Bonchev–Trinajstić information content (AvgIpc) is 2.81. The fraction of sp³-hybridized carbons (Fsp3) is 0.375. The van der Waals surface area contributed by atoms with E-state index in [2.05, 4.69) is 10.6 Å². The van der Waals surface area contributed by atoms with Crippen molar-refractivity contribution in [2.45, 2.75) is 12.8 Å². The standard InChI is InChI=1S/C24H30N2O5.ClH/c1-28-21-13-18(14-22(29-2)24(21)30-3)7-8-23(27)26-19-5-4-6-20(15-19)31-16-17-9-11-25-12-10-17;/h4-8,13-15,17,25H,9-12,16H2,1-3H3,(H,26,27);1H/b8-7+;. The van der Waals surface area contributed by atoms with Crippen molar-refractivity contribution in [1.29, 1.82) is 0 Å². The number of piperidine rings is 1. The number of ether oxygens (including phenoxy) is 4. The highest BCUT2D eigenvalue weighted by atomic mass is 35.5. The van der Waals surface area contributed by atoms with Crippen LogP contribution in [0.15, 0.2) is 42.5 Å². The number of halogens is 1. The van der Waals surface area contributed by atoms with Crippen molar-refractivity contribution in [2.75, 3.05) is 46.3 Å². The lowest BCUT2D eigenvalue weighted by Crippen LogP contribution is -2.30. The number of anilines is 1. The number of carbonyl (C=O) groups excluding carboxylic acids is 1. The second kappa shape index (κ2) is 12.8. The van der Waals surface area contributed by atoms with Crippen LogP contribution in [0.5, 0.6) is 23.0 Å². The molecule has 7 nitrogen and oxygen atoms in total. The Morgan fingerprint density at radius 1 is 1.06 bits per heavy atom. The summed E-state index contributed by atoms with van der Waals surface area (Å²) < 4.78 is 21.9. The monoisotopic (exact) mass is 462 g/mol. The van der Waals surface area contributed by atoms with Crippen molar-refractivity contribution >= 4 is 30.1 Å². The first-order chi connectivity index (χ1) is 15.1. The Kier molecular flexibility index (Phi) is 10.2. The largest absolute Gasteiger partial charge is 0.493 e. The van der Waals surface area contributed by atoms with Crippen molar-refractivity contribution in [1.82, 2.24) is 5.32 Å². The highest BCUT2D eigenvalue weighted by molar-refractivity contribution is 6.02. The third kappa shape index (κ3) is 7.07. The van der Waals surface area contributed by atoms with Gasteiger partial charge in [-0.15, -0.1) is 12.4 Å². The topological polar surface area (TPSA) is 78.1 Å². The lowest BCUT2D eigenvalue weighted by Gasteiger charge is -2.22. The Balaban J connectivity index is 0.00000363. The van der Waals surface area contributed by atoms with E-state index in [9.17, 15) is 4.79 Å². The second-order valence-corrected chi connectivity index (χ2v) is 7.31. The molecule has 2 aromatic carbocycles. The van der Waals surface area contributed by atoms with Crippen LogP contribution in [0, 0.1) is 5.92 Å². The van der Waals surface area contributed by atoms with Gasteiger partial charge in [-0.25, -0.2) is 0 Å². The van der Waals surface area contributed by atoms with Crippen LogP contribution < -0.4 is 29.6 Å². The lowest BCUT2D eigenvalue weighted by molar-refractivity contribution is -0.111. The van der Waals surface area contributed by atoms with E-state index in [0.29, 0.717) is 35.5 Å². The summed E-state index contributed by atoms with van der Waals surface area (Å²) >= 11 is 0. The molecule has 8 heteroatoms. The van der Waals surface area contributed by atoms with E-state index in [4.69, 9.17) is 18.9 Å². The molecular weight excluding hydrogens is 432 g/mol. The summed E-state index contributed by atoms with van der Waals surface area (Å²) in [6.07, 6.45) is 5.41. The Morgan fingerprint density at radius 2 is 1.75 bits per heavy atom. The van der Waals surface area contributed by atoms with Gasteiger partial charge in [0.15, 0.2) is 11.5 Å². The first-order valence-corrected chi connectivity index (χ1v) is 10.4. The zero-order valence-corrected chi connectivity index (χ0v) is 19.5. The Morgan fingerprint density at radius 3 is 2.38 bits per heavy atom. The summed E-state index contributed by atoms with van der Waals surface area (Å²) in [5.41, 5.74) is 1.44. The Labute approximate surface area is 195 Å². The van der Waals surface area contributed by atoms with Gasteiger partial charge in [-0.1, -0.05) is 6.07 Å². The zero-order chi connectivity index (χ0) is 22.1. The summed E-state index contributed by atoms with van der Waals surface area (Å²) in [5, 5.41) is 6.22. The maximum absolute atomic E-state index is 12.4. The molecule has 32 heavy (non-hydrogen) atoms. The molecule has 2 N–H and O–H groups in total. The van der Waals surface area contributed by atoms with Crippen molar-refractivity contribution in [3.8, 4) is 23.0 Å². The predicted octanol–water partition coefficient (Wildman–Crippen LogP) is 4.16. The van der Waals surface area contributed by atoms with Gasteiger partial charge in [-0.2, -0.15) is 0 Å². The van der Waals surface area contributed by atoms with Gasteiger partial charge in [0.2, 0.25) is 11.7 Å². The minimum Gasteiger partial charge on any atom is -0.493 e. The number of methoxy groups -OCH3 is 3. The molecule has 0 atom stereocenters. The highest BCUT2D eigenvalue weighted by Crippen LogP contribution is 2.38. The van der Waals surface area contributed by atoms with E-state index in [-0.39, 0.29) is 18.3 Å². The van der Waals surface area contributed by atoms with Crippen LogP contribution in [0.3, 0.4) is 0 Å². The first-order valence-electron chi connectivity index (χ1n) is 10.4. The molecule has 174 valence electrons.